The van der Waals surface area contributed by atoms with Gasteiger partial charge in [-0.05, 0) is 62.1 Å². The molecule has 1 aliphatic carbocycles. The van der Waals surface area contributed by atoms with Gasteiger partial charge in [-0.15, -0.1) is 0 Å². The Kier molecular flexibility index (Phi) is 5.75. The first-order valence-corrected chi connectivity index (χ1v) is 11.1. The number of aliphatic hydroxyl groups is 1. The normalized spacial score (nSPS) is 18.2. The molecule has 2 N–H and O–H groups in total. The number of imidazole rings is 1. The van der Waals surface area contributed by atoms with Crippen molar-refractivity contribution in [3.05, 3.63) is 66.5 Å². The molecule has 4 aromatic rings. The number of hydrogen-bond acceptors (Lipinski definition) is 6. The Morgan fingerprint density at radius 3 is 2.70 bits per heavy atom. The molecule has 0 bridgehead atoms. The number of carbonyl (C=O) groups excluding carboxylic acids is 1. The minimum Gasteiger partial charge on any atom is -0.481 e. The summed E-state index contributed by atoms with van der Waals surface area (Å²) in [6.45, 7) is 0. The summed E-state index contributed by atoms with van der Waals surface area (Å²) in [7, 11) is 1.55. The molecule has 0 aliphatic heterocycles. The lowest BCUT2D eigenvalue weighted by molar-refractivity contribution is 0.102. The van der Waals surface area contributed by atoms with Crippen molar-refractivity contribution in [3.8, 4) is 17.1 Å². The van der Waals surface area contributed by atoms with Gasteiger partial charge >= 0.3 is 0 Å². The fourth-order valence-electron chi connectivity index (χ4n) is 4.46. The lowest BCUT2D eigenvalue weighted by atomic mass is 9.93. The third kappa shape index (κ3) is 4.17. The Labute approximate surface area is 191 Å². The van der Waals surface area contributed by atoms with Gasteiger partial charge in [-0.2, -0.15) is 0 Å². The Balaban J connectivity index is 1.47. The average Bonchev–Trinajstić information content (AvgIpc) is 3.22. The molecule has 1 aromatic carbocycles. The molecule has 0 unspecified atom stereocenters. The maximum absolute atomic E-state index is 13.2. The van der Waals surface area contributed by atoms with Gasteiger partial charge in [0.15, 0.2) is 0 Å². The average molecular weight is 444 g/mol. The molecule has 1 aliphatic rings. The highest BCUT2D eigenvalue weighted by Crippen LogP contribution is 2.34. The molecular formula is C25H25N5O3. The van der Waals surface area contributed by atoms with Crippen LogP contribution >= 0.6 is 0 Å². The molecule has 3 aromatic heterocycles. The highest BCUT2D eigenvalue weighted by atomic mass is 16.5. The fraction of sp³-hybridized carbons (Fsp3) is 0.280. The second kappa shape index (κ2) is 8.99. The lowest BCUT2D eigenvalue weighted by Crippen LogP contribution is -2.23. The molecule has 8 nitrogen and oxygen atoms in total. The summed E-state index contributed by atoms with van der Waals surface area (Å²) < 4.78 is 7.44. The van der Waals surface area contributed by atoms with E-state index in [2.05, 4.69) is 19.9 Å². The van der Waals surface area contributed by atoms with Crippen LogP contribution in [0.4, 0.5) is 5.95 Å². The van der Waals surface area contributed by atoms with Crippen molar-refractivity contribution in [3.63, 3.8) is 0 Å². The van der Waals surface area contributed by atoms with Crippen molar-refractivity contribution >= 4 is 22.9 Å². The number of hydrogen-bond donors (Lipinski definition) is 2. The maximum Gasteiger partial charge on any atom is 0.258 e. The molecule has 1 fully saturated rings. The van der Waals surface area contributed by atoms with E-state index in [9.17, 15) is 9.90 Å². The van der Waals surface area contributed by atoms with Gasteiger partial charge in [0, 0.05) is 24.0 Å². The quantitative estimate of drug-likeness (QED) is 0.479. The van der Waals surface area contributed by atoms with Crippen LogP contribution in [-0.2, 0) is 0 Å². The van der Waals surface area contributed by atoms with Crippen LogP contribution in [0.5, 0.6) is 5.88 Å². The summed E-state index contributed by atoms with van der Waals surface area (Å²) in [4.78, 5) is 26.6. The van der Waals surface area contributed by atoms with E-state index in [-0.39, 0.29) is 18.1 Å². The van der Waals surface area contributed by atoms with Crippen LogP contribution in [0.3, 0.4) is 0 Å². The summed E-state index contributed by atoms with van der Waals surface area (Å²) in [6, 6.07) is 15.1. The zero-order valence-corrected chi connectivity index (χ0v) is 18.3. The number of anilines is 1. The summed E-state index contributed by atoms with van der Waals surface area (Å²) >= 11 is 0. The Hall–Kier alpha value is -3.78. The van der Waals surface area contributed by atoms with Crippen LogP contribution in [0.15, 0.2) is 60.9 Å². The highest BCUT2D eigenvalue weighted by Gasteiger charge is 2.25. The zero-order chi connectivity index (χ0) is 22.8. The molecule has 0 saturated heterocycles. The Morgan fingerprint density at radius 1 is 1.06 bits per heavy atom. The number of fused-ring (bicyclic) bond motifs is 1. The monoisotopic (exact) mass is 443 g/mol. The second-order valence-electron chi connectivity index (χ2n) is 8.20. The van der Waals surface area contributed by atoms with Crippen molar-refractivity contribution in [2.45, 2.75) is 37.8 Å². The number of nitrogens with zero attached hydrogens (tertiary/aromatic N) is 4. The standard InChI is InChI=1S/C25H25N5O3/c1-33-24-19(5-4-13-27-24)21-15-16(12-14-26-21)23(32)29-25-28-20-6-2-3-7-22(20)30(25)17-8-10-18(31)11-9-17/h2-7,12-15,17-18,31H,8-11H2,1H3,(H,28,29,32). The number of carbonyl (C=O) groups is 1. The van der Waals surface area contributed by atoms with Gasteiger partial charge < -0.3 is 14.4 Å². The Bertz CT molecular complexity index is 1290. The molecule has 8 heteroatoms. The number of rotatable bonds is 5. The van der Waals surface area contributed by atoms with Crippen molar-refractivity contribution in [1.29, 1.82) is 0 Å². The third-order valence-electron chi connectivity index (χ3n) is 6.12. The first-order valence-electron chi connectivity index (χ1n) is 11.1. The largest absolute Gasteiger partial charge is 0.481 e. The summed E-state index contributed by atoms with van der Waals surface area (Å²) in [6.07, 6.45) is 6.15. The summed E-state index contributed by atoms with van der Waals surface area (Å²) in [5.74, 6) is 0.692. The number of aliphatic hydroxyl groups excluding tert-OH is 1. The maximum atomic E-state index is 13.2. The van der Waals surface area contributed by atoms with Crippen LogP contribution in [0.2, 0.25) is 0 Å². The van der Waals surface area contributed by atoms with Crippen LogP contribution in [-0.4, -0.2) is 43.7 Å². The van der Waals surface area contributed by atoms with E-state index in [4.69, 9.17) is 9.72 Å². The van der Waals surface area contributed by atoms with Crippen LogP contribution < -0.4 is 10.1 Å². The van der Waals surface area contributed by atoms with Crippen molar-refractivity contribution in [2.24, 2.45) is 0 Å². The smallest absolute Gasteiger partial charge is 0.258 e. The number of nitrogens with one attached hydrogen (secondary N) is 1. The van der Waals surface area contributed by atoms with E-state index in [0.29, 0.717) is 28.6 Å². The number of aromatic nitrogens is 4. The van der Waals surface area contributed by atoms with Gasteiger partial charge in [0.1, 0.15) is 0 Å². The summed E-state index contributed by atoms with van der Waals surface area (Å²) in [5, 5.41) is 13.0. The third-order valence-corrected chi connectivity index (χ3v) is 6.12. The van der Waals surface area contributed by atoms with Crippen molar-refractivity contribution < 1.29 is 14.6 Å². The first-order chi connectivity index (χ1) is 16.1. The molecule has 1 amide bonds. The van der Waals surface area contributed by atoms with E-state index in [1.807, 2.05) is 30.3 Å². The molecule has 0 atom stereocenters. The predicted molar refractivity (Wildman–Crippen MR) is 125 cm³/mol. The number of para-hydroxylation sites is 2. The van der Waals surface area contributed by atoms with E-state index in [1.54, 1.807) is 37.7 Å². The number of pyridine rings is 2. The van der Waals surface area contributed by atoms with Crippen molar-refractivity contribution in [2.75, 3.05) is 12.4 Å². The molecule has 3 heterocycles. The van der Waals surface area contributed by atoms with Crippen molar-refractivity contribution in [1.82, 2.24) is 19.5 Å². The van der Waals surface area contributed by atoms with Gasteiger partial charge in [-0.1, -0.05) is 12.1 Å². The van der Waals surface area contributed by atoms with Gasteiger partial charge in [0.05, 0.1) is 35.5 Å². The van der Waals surface area contributed by atoms with E-state index >= 15 is 0 Å². The number of benzene rings is 1. The van der Waals surface area contributed by atoms with E-state index in [1.165, 1.54) is 0 Å². The zero-order valence-electron chi connectivity index (χ0n) is 18.3. The minimum absolute atomic E-state index is 0.170. The van der Waals surface area contributed by atoms with Gasteiger partial charge in [-0.3, -0.25) is 15.1 Å². The van der Waals surface area contributed by atoms with E-state index < -0.39 is 0 Å². The van der Waals surface area contributed by atoms with Crippen LogP contribution in [0, 0.1) is 0 Å². The predicted octanol–water partition coefficient (Wildman–Crippen LogP) is 4.23. The topological polar surface area (TPSA) is 102 Å². The fourth-order valence-corrected chi connectivity index (χ4v) is 4.46. The SMILES string of the molecule is COc1ncccc1-c1cc(C(=O)Nc2nc3ccccc3n2C2CCC(O)CC2)ccn1. The molecular weight excluding hydrogens is 418 g/mol. The van der Waals surface area contributed by atoms with Crippen LogP contribution in [0.1, 0.15) is 42.1 Å². The number of methoxy groups -OCH3 is 1. The van der Waals surface area contributed by atoms with E-state index in [0.717, 1.165) is 36.7 Å². The lowest BCUT2D eigenvalue weighted by Gasteiger charge is -2.28. The molecule has 168 valence electrons. The molecule has 1 saturated carbocycles. The number of amides is 1. The van der Waals surface area contributed by atoms with Gasteiger partial charge in [0.25, 0.3) is 5.91 Å². The Morgan fingerprint density at radius 2 is 1.88 bits per heavy atom. The number of ether oxygens (including phenoxy) is 1. The molecule has 5 rings (SSSR count). The highest BCUT2D eigenvalue weighted by molar-refractivity contribution is 6.04. The second-order valence-corrected chi connectivity index (χ2v) is 8.20. The van der Waals surface area contributed by atoms with Gasteiger partial charge in [-0.25, -0.2) is 9.97 Å². The molecule has 0 spiro atoms. The first kappa shape index (κ1) is 21.1. The van der Waals surface area contributed by atoms with Gasteiger partial charge in [0.2, 0.25) is 11.8 Å². The summed E-state index contributed by atoms with van der Waals surface area (Å²) in [5.41, 5.74) is 3.58. The minimum atomic E-state index is -0.270. The molecule has 33 heavy (non-hydrogen) atoms. The molecule has 0 radical (unpaired) electrons. The van der Waals surface area contributed by atoms with Crippen LogP contribution in [0.25, 0.3) is 22.3 Å².